The molecule has 1 aromatic carbocycles. The molecule has 0 aromatic heterocycles. The molecule has 4 nitrogen and oxygen atoms in total. The lowest BCUT2D eigenvalue weighted by Gasteiger charge is -2.38. The number of rotatable bonds is 5. The van der Waals surface area contributed by atoms with E-state index in [1.54, 1.807) is 4.90 Å². The molecule has 0 bridgehead atoms. The first-order chi connectivity index (χ1) is 12.1. The summed E-state index contributed by atoms with van der Waals surface area (Å²) in [5.41, 5.74) is 2.67. The topological polar surface area (TPSA) is 49.4 Å². The highest BCUT2D eigenvalue weighted by Gasteiger charge is 2.34. The summed E-state index contributed by atoms with van der Waals surface area (Å²) in [4.78, 5) is 26.0. The molecule has 1 N–H and O–H groups in total. The monoisotopic (exact) mass is 342 g/mol. The van der Waals surface area contributed by atoms with E-state index in [0.29, 0.717) is 13.0 Å². The zero-order valence-corrected chi connectivity index (χ0v) is 15.4. The van der Waals surface area contributed by atoms with Gasteiger partial charge in [0.25, 0.3) is 0 Å². The highest BCUT2D eigenvalue weighted by Crippen LogP contribution is 2.39. The smallest absolute Gasteiger partial charge is 0.239 e. The van der Waals surface area contributed by atoms with E-state index in [0.717, 1.165) is 32.2 Å². The lowest BCUT2D eigenvalue weighted by molar-refractivity contribution is -0.137. The summed E-state index contributed by atoms with van der Waals surface area (Å²) < 4.78 is 0. The Morgan fingerprint density at radius 1 is 1.16 bits per heavy atom. The van der Waals surface area contributed by atoms with Crippen molar-refractivity contribution in [3.8, 4) is 0 Å². The van der Waals surface area contributed by atoms with Gasteiger partial charge in [-0.1, -0.05) is 49.1 Å². The van der Waals surface area contributed by atoms with Gasteiger partial charge in [0.2, 0.25) is 11.8 Å². The molecule has 25 heavy (non-hydrogen) atoms. The molecule has 0 radical (unpaired) electrons. The molecule has 0 unspecified atom stereocenters. The van der Waals surface area contributed by atoms with Crippen LogP contribution in [0.5, 0.6) is 0 Å². The molecular weight excluding hydrogens is 312 g/mol. The zero-order valence-electron chi connectivity index (χ0n) is 15.4. The van der Waals surface area contributed by atoms with Crippen LogP contribution >= 0.6 is 0 Å². The number of hydrogen-bond acceptors (Lipinski definition) is 2. The fourth-order valence-corrected chi connectivity index (χ4v) is 4.30. The third kappa shape index (κ3) is 4.42. The van der Waals surface area contributed by atoms with Crippen molar-refractivity contribution in [3.63, 3.8) is 0 Å². The van der Waals surface area contributed by atoms with E-state index in [-0.39, 0.29) is 23.8 Å². The predicted octanol–water partition coefficient (Wildman–Crippen LogP) is 3.33. The molecule has 3 rings (SSSR count). The SMILES string of the molecule is Cc1cccc(C2(CNC(=O)CN3CCCCC3=O)CCCCC2)c1. The van der Waals surface area contributed by atoms with Crippen molar-refractivity contribution >= 4 is 11.8 Å². The summed E-state index contributed by atoms with van der Waals surface area (Å²) in [6.45, 7) is 3.73. The van der Waals surface area contributed by atoms with Gasteiger partial charge in [-0.3, -0.25) is 9.59 Å². The van der Waals surface area contributed by atoms with Crippen LogP contribution < -0.4 is 5.32 Å². The quantitative estimate of drug-likeness (QED) is 0.892. The molecule has 1 aromatic rings. The van der Waals surface area contributed by atoms with Crippen LogP contribution in [0.15, 0.2) is 24.3 Å². The molecule has 2 aliphatic rings. The van der Waals surface area contributed by atoms with Crippen LogP contribution in [0, 0.1) is 6.92 Å². The number of carbonyl (C=O) groups excluding carboxylic acids is 2. The molecule has 1 aliphatic heterocycles. The van der Waals surface area contributed by atoms with Gasteiger partial charge >= 0.3 is 0 Å². The minimum absolute atomic E-state index is 0.0205. The molecule has 1 saturated carbocycles. The van der Waals surface area contributed by atoms with Crippen LogP contribution in [0.1, 0.15) is 62.5 Å². The minimum atomic E-state index is -0.0205. The van der Waals surface area contributed by atoms with Gasteiger partial charge in [0.1, 0.15) is 0 Å². The number of benzene rings is 1. The highest BCUT2D eigenvalue weighted by molar-refractivity contribution is 5.85. The van der Waals surface area contributed by atoms with Crippen LogP contribution in [0.25, 0.3) is 0 Å². The average molecular weight is 342 g/mol. The van der Waals surface area contributed by atoms with Crippen molar-refractivity contribution in [2.24, 2.45) is 0 Å². The van der Waals surface area contributed by atoms with Crippen LogP contribution in [0.2, 0.25) is 0 Å². The van der Waals surface area contributed by atoms with Crippen LogP contribution in [-0.4, -0.2) is 36.3 Å². The summed E-state index contributed by atoms with van der Waals surface area (Å²) in [6, 6.07) is 8.72. The Balaban J connectivity index is 1.64. The zero-order chi connectivity index (χ0) is 17.7. The van der Waals surface area contributed by atoms with Gasteiger partial charge in [0.05, 0.1) is 6.54 Å². The highest BCUT2D eigenvalue weighted by atomic mass is 16.2. The first-order valence-electron chi connectivity index (χ1n) is 9.71. The Morgan fingerprint density at radius 3 is 2.68 bits per heavy atom. The van der Waals surface area contributed by atoms with Crippen molar-refractivity contribution < 1.29 is 9.59 Å². The van der Waals surface area contributed by atoms with E-state index in [1.807, 2.05) is 0 Å². The first-order valence-corrected chi connectivity index (χ1v) is 9.71. The van der Waals surface area contributed by atoms with E-state index in [2.05, 4.69) is 36.5 Å². The summed E-state index contributed by atoms with van der Waals surface area (Å²) >= 11 is 0. The van der Waals surface area contributed by atoms with Crippen molar-refractivity contribution in [2.75, 3.05) is 19.6 Å². The molecule has 2 fully saturated rings. The maximum absolute atomic E-state index is 12.4. The van der Waals surface area contributed by atoms with Crippen molar-refractivity contribution in [3.05, 3.63) is 35.4 Å². The minimum Gasteiger partial charge on any atom is -0.354 e. The van der Waals surface area contributed by atoms with Gasteiger partial charge < -0.3 is 10.2 Å². The second-order valence-corrected chi connectivity index (χ2v) is 7.76. The summed E-state index contributed by atoms with van der Waals surface area (Å²) in [5, 5.41) is 3.15. The molecule has 0 spiro atoms. The third-order valence-corrected chi connectivity index (χ3v) is 5.82. The lowest BCUT2D eigenvalue weighted by Crippen LogP contribution is -2.47. The van der Waals surface area contributed by atoms with Crippen LogP contribution in [-0.2, 0) is 15.0 Å². The van der Waals surface area contributed by atoms with Gasteiger partial charge in [-0.15, -0.1) is 0 Å². The molecule has 1 saturated heterocycles. The fourth-order valence-electron chi connectivity index (χ4n) is 4.30. The molecular formula is C21H30N2O2. The molecule has 1 heterocycles. The van der Waals surface area contributed by atoms with E-state index >= 15 is 0 Å². The number of likely N-dealkylation sites (tertiary alicyclic amines) is 1. The Labute approximate surface area is 151 Å². The number of nitrogens with one attached hydrogen (secondary N) is 1. The van der Waals surface area contributed by atoms with Crippen LogP contribution in [0.3, 0.4) is 0 Å². The van der Waals surface area contributed by atoms with E-state index in [1.165, 1.54) is 30.4 Å². The standard InChI is InChI=1S/C21H30N2O2/c1-17-8-7-9-18(14-17)21(11-4-2-5-12-21)16-22-19(24)15-23-13-6-3-10-20(23)25/h7-9,14H,2-6,10-13,15-16H2,1H3,(H,22,24). The van der Waals surface area contributed by atoms with E-state index in [4.69, 9.17) is 0 Å². The number of aryl methyl sites for hydroxylation is 1. The number of piperidine rings is 1. The van der Waals surface area contributed by atoms with Gasteiger partial charge in [-0.05, 0) is 38.2 Å². The van der Waals surface area contributed by atoms with Crippen molar-refractivity contribution in [1.29, 1.82) is 0 Å². The number of amides is 2. The Morgan fingerprint density at radius 2 is 1.96 bits per heavy atom. The van der Waals surface area contributed by atoms with E-state index < -0.39 is 0 Å². The van der Waals surface area contributed by atoms with E-state index in [9.17, 15) is 9.59 Å². The normalized spacial score (nSPS) is 20.4. The summed E-state index contributed by atoms with van der Waals surface area (Å²) in [5.74, 6) is 0.0975. The number of hydrogen-bond donors (Lipinski definition) is 1. The van der Waals surface area contributed by atoms with Gasteiger partial charge in [-0.2, -0.15) is 0 Å². The molecule has 1 aliphatic carbocycles. The van der Waals surface area contributed by atoms with Crippen molar-refractivity contribution in [1.82, 2.24) is 10.2 Å². The number of nitrogens with zero attached hydrogens (tertiary/aromatic N) is 1. The second-order valence-electron chi connectivity index (χ2n) is 7.76. The molecule has 136 valence electrons. The Bertz CT molecular complexity index is 620. The summed E-state index contributed by atoms with van der Waals surface area (Å²) in [6.07, 6.45) is 8.51. The Hall–Kier alpha value is -1.84. The van der Waals surface area contributed by atoms with Gasteiger partial charge in [-0.25, -0.2) is 0 Å². The number of carbonyl (C=O) groups is 2. The van der Waals surface area contributed by atoms with Gasteiger partial charge in [0.15, 0.2) is 0 Å². The maximum Gasteiger partial charge on any atom is 0.239 e. The average Bonchev–Trinajstić information content (AvgIpc) is 2.63. The first kappa shape index (κ1) is 18.0. The lowest BCUT2D eigenvalue weighted by atomic mass is 9.69. The molecule has 2 amide bonds. The predicted molar refractivity (Wildman–Crippen MR) is 99.4 cm³/mol. The van der Waals surface area contributed by atoms with Crippen LogP contribution in [0.4, 0.5) is 0 Å². The van der Waals surface area contributed by atoms with Gasteiger partial charge in [0, 0.05) is 24.9 Å². The fraction of sp³-hybridized carbons (Fsp3) is 0.619. The maximum atomic E-state index is 12.4. The second kappa shape index (κ2) is 8.03. The molecule has 0 atom stereocenters. The Kier molecular flexibility index (Phi) is 5.77. The largest absolute Gasteiger partial charge is 0.354 e. The third-order valence-electron chi connectivity index (χ3n) is 5.82. The van der Waals surface area contributed by atoms with Crippen molar-refractivity contribution in [2.45, 2.75) is 63.7 Å². The summed E-state index contributed by atoms with van der Waals surface area (Å²) in [7, 11) is 0. The molecule has 4 heteroatoms.